The number of amides is 1. The topological polar surface area (TPSA) is 137 Å². The maximum atomic E-state index is 13.2. The molecule has 12 heteroatoms. The molecular formula is C28H36N10O2. The maximum absolute atomic E-state index is 13.2. The molecule has 1 aliphatic rings. The van der Waals surface area contributed by atoms with Crippen LogP contribution in [-0.2, 0) is 12.5 Å². The minimum Gasteiger partial charge on any atom is -0.395 e. The first-order valence-electron chi connectivity index (χ1n) is 13.4. The number of anilines is 4. The number of aryl methyl sites for hydroxylation is 2. The largest absolute Gasteiger partial charge is 0.395 e. The van der Waals surface area contributed by atoms with Crippen molar-refractivity contribution in [3.63, 3.8) is 0 Å². The molecule has 4 aromatic rings. The SMILES string of the molecule is Cc1ccc(C(=O)Nc2cc(C(C)(C)C)nn2C)cc1Nc1ncnc2cnc(N3CCN(CCO)CC3)nc12. The summed E-state index contributed by atoms with van der Waals surface area (Å²) in [5.74, 6) is 1.55. The first-order valence-corrected chi connectivity index (χ1v) is 13.4. The normalized spacial score (nSPS) is 14.5. The van der Waals surface area contributed by atoms with Crippen LogP contribution in [0.5, 0.6) is 0 Å². The van der Waals surface area contributed by atoms with E-state index in [2.05, 4.69) is 61.3 Å². The van der Waals surface area contributed by atoms with E-state index >= 15 is 0 Å². The van der Waals surface area contributed by atoms with Crippen LogP contribution >= 0.6 is 0 Å². The molecule has 0 atom stereocenters. The van der Waals surface area contributed by atoms with Gasteiger partial charge in [-0.1, -0.05) is 26.8 Å². The van der Waals surface area contributed by atoms with E-state index in [4.69, 9.17) is 4.98 Å². The highest BCUT2D eigenvalue weighted by Crippen LogP contribution is 2.27. The molecule has 210 valence electrons. The van der Waals surface area contributed by atoms with Crippen LogP contribution in [0.1, 0.15) is 42.4 Å². The number of rotatable bonds is 7. The number of benzene rings is 1. The van der Waals surface area contributed by atoms with Gasteiger partial charge in [-0.2, -0.15) is 5.10 Å². The predicted molar refractivity (Wildman–Crippen MR) is 155 cm³/mol. The van der Waals surface area contributed by atoms with Gasteiger partial charge < -0.3 is 20.6 Å². The van der Waals surface area contributed by atoms with Crippen molar-refractivity contribution in [1.82, 2.24) is 34.6 Å². The van der Waals surface area contributed by atoms with Gasteiger partial charge in [0.15, 0.2) is 5.82 Å². The molecule has 1 saturated heterocycles. The molecule has 12 nitrogen and oxygen atoms in total. The second kappa shape index (κ2) is 11.1. The van der Waals surface area contributed by atoms with Gasteiger partial charge in [-0.05, 0) is 24.6 Å². The van der Waals surface area contributed by atoms with Gasteiger partial charge in [-0.25, -0.2) is 19.9 Å². The molecule has 1 aromatic carbocycles. The fraction of sp³-hybridized carbons (Fsp3) is 0.429. The van der Waals surface area contributed by atoms with Crippen LogP contribution in [0.4, 0.5) is 23.3 Å². The first-order chi connectivity index (χ1) is 19.1. The number of β-amino-alcohol motifs (C(OH)–C–C–N with tert-alkyl or cyclic N) is 1. The van der Waals surface area contributed by atoms with Crippen molar-refractivity contribution in [2.75, 3.05) is 54.9 Å². The molecule has 1 aliphatic heterocycles. The van der Waals surface area contributed by atoms with E-state index in [1.807, 2.05) is 32.2 Å². The van der Waals surface area contributed by atoms with Crippen molar-refractivity contribution in [3.05, 3.63) is 53.6 Å². The van der Waals surface area contributed by atoms with Crippen LogP contribution < -0.4 is 15.5 Å². The standard InChI is InChI=1S/C28H36N10O2/c1-18-6-7-19(26(40)33-23-15-22(28(2,3)4)35-36(23)5)14-20(18)32-25-24-21(30-17-31-25)16-29-27(34-24)38-10-8-37(9-11-38)12-13-39/h6-7,14-17,39H,8-13H2,1-5H3,(H,33,40)(H,30,31,32). The zero-order valence-corrected chi connectivity index (χ0v) is 23.6. The third-order valence-corrected chi connectivity index (χ3v) is 7.08. The number of hydrogen-bond donors (Lipinski definition) is 3. The summed E-state index contributed by atoms with van der Waals surface area (Å²) in [7, 11) is 1.82. The van der Waals surface area contributed by atoms with Crippen molar-refractivity contribution in [2.45, 2.75) is 33.1 Å². The monoisotopic (exact) mass is 544 g/mol. The molecule has 1 fully saturated rings. The lowest BCUT2D eigenvalue weighted by Crippen LogP contribution is -2.47. The summed E-state index contributed by atoms with van der Waals surface area (Å²) < 4.78 is 1.68. The Morgan fingerprint density at radius 3 is 2.55 bits per heavy atom. The van der Waals surface area contributed by atoms with Crippen LogP contribution in [-0.4, -0.2) is 85.0 Å². The predicted octanol–water partition coefficient (Wildman–Crippen LogP) is 2.87. The number of carbonyl (C=O) groups is 1. The van der Waals surface area contributed by atoms with E-state index in [9.17, 15) is 9.90 Å². The Morgan fingerprint density at radius 1 is 1.07 bits per heavy atom. The lowest BCUT2D eigenvalue weighted by molar-refractivity contribution is 0.102. The Hall–Kier alpha value is -4.16. The highest BCUT2D eigenvalue weighted by molar-refractivity contribution is 6.04. The van der Waals surface area contributed by atoms with Crippen LogP contribution in [0.2, 0.25) is 0 Å². The fourth-order valence-electron chi connectivity index (χ4n) is 4.57. The van der Waals surface area contributed by atoms with E-state index in [1.54, 1.807) is 16.9 Å². The number of fused-ring (bicyclic) bond motifs is 1. The summed E-state index contributed by atoms with van der Waals surface area (Å²) in [6, 6.07) is 7.41. The molecule has 0 aliphatic carbocycles. The summed E-state index contributed by atoms with van der Waals surface area (Å²) >= 11 is 0. The minimum absolute atomic E-state index is 0.125. The van der Waals surface area contributed by atoms with Gasteiger partial charge in [0, 0.05) is 62.5 Å². The number of aliphatic hydroxyl groups excluding tert-OH is 1. The Labute approximate surface area is 233 Å². The number of carbonyl (C=O) groups excluding carboxylic acids is 1. The van der Waals surface area contributed by atoms with Gasteiger partial charge in [0.25, 0.3) is 5.91 Å². The first kappa shape index (κ1) is 27.4. The quantitative estimate of drug-likeness (QED) is 0.318. The summed E-state index contributed by atoms with van der Waals surface area (Å²) in [5, 5.41) is 20.1. The highest BCUT2D eigenvalue weighted by atomic mass is 16.3. The third kappa shape index (κ3) is 5.87. The fourth-order valence-corrected chi connectivity index (χ4v) is 4.57. The Kier molecular flexibility index (Phi) is 7.63. The van der Waals surface area contributed by atoms with Gasteiger partial charge in [0.05, 0.1) is 18.5 Å². The summed E-state index contributed by atoms with van der Waals surface area (Å²) in [6.45, 7) is 12.3. The zero-order valence-electron chi connectivity index (χ0n) is 23.6. The molecule has 0 spiro atoms. The number of piperazine rings is 1. The molecule has 40 heavy (non-hydrogen) atoms. The van der Waals surface area contributed by atoms with Crippen LogP contribution in [0, 0.1) is 6.92 Å². The van der Waals surface area contributed by atoms with E-state index in [0.29, 0.717) is 40.7 Å². The van der Waals surface area contributed by atoms with E-state index < -0.39 is 0 Å². The van der Waals surface area contributed by atoms with E-state index in [1.165, 1.54) is 6.33 Å². The van der Waals surface area contributed by atoms with Gasteiger partial charge in [-0.15, -0.1) is 0 Å². The van der Waals surface area contributed by atoms with E-state index in [-0.39, 0.29) is 17.9 Å². The van der Waals surface area contributed by atoms with Crippen LogP contribution in [0.15, 0.2) is 36.8 Å². The van der Waals surface area contributed by atoms with Gasteiger partial charge in [-0.3, -0.25) is 14.4 Å². The van der Waals surface area contributed by atoms with Crippen LogP contribution in [0.25, 0.3) is 11.0 Å². The Morgan fingerprint density at radius 2 is 1.85 bits per heavy atom. The molecule has 3 N–H and O–H groups in total. The number of nitrogens with zero attached hydrogens (tertiary/aromatic N) is 8. The molecule has 1 amide bonds. The summed E-state index contributed by atoms with van der Waals surface area (Å²) in [6.07, 6.45) is 3.18. The molecule has 0 radical (unpaired) electrons. The Bertz CT molecular complexity index is 1520. The molecule has 0 bridgehead atoms. The van der Waals surface area contributed by atoms with E-state index in [0.717, 1.165) is 43.1 Å². The average Bonchev–Trinajstić information content (AvgIpc) is 3.31. The lowest BCUT2D eigenvalue weighted by atomic mass is 9.92. The van der Waals surface area contributed by atoms with Crippen molar-refractivity contribution in [3.8, 4) is 0 Å². The Balaban J connectivity index is 1.37. The number of nitrogens with one attached hydrogen (secondary N) is 2. The van der Waals surface area contributed by atoms with Crippen molar-refractivity contribution < 1.29 is 9.90 Å². The van der Waals surface area contributed by atoms with Gasteiger partial charge in [0.2, 0.25) is 5.95 Å². The van der Waals surface area contributed by atoms with Crippen LogP contribution in [0.3, 0.4) is 0 Å². The van der Waals surface area contributed by atoms with Crippen molar-refractivity contribution in [1.29, 1.82) is 0 Å². The third-order valence-electron chi connectivity index (χ3n) is 7.08. The van der Waals surface area contributed by atoms with Gasteiger partial charge >= 0.3 is 0 Å². The van der Waals surface area contributed by atoms with Crippen molar-refractivity contribution >= 4 is 40.2 Å². The molecule has 0 saturated carbocycles. The molecule has 3 aromatic heterocycles. The number of hydrogen-bond acceptors (Lipinski definition) is 10. The second-order valence-corrected chi connectivity index (χ2v) is 11.1. The number of aromatic nitrogens is 6. The highest BCUT2D eigenvalue weighted by Gasteiger charge is 2.22. The molecular weight excluding hydrogens is 508 g/mol. The molecule has 4 heterocycles. The summed E-state index contributed by atoms with van der Waals surface area (Å²) in [5.41, 5.74) is 4.20. The zero-order chi connectivity index (χ0) is 28.4. The molecule has 0 unspecified atom stereocenters. The summed E-state index contributed by atoms with van der Waals surface area (Å²) in [4.78, 5) is 35.7. The van der Waals surface area contributed by atoms with Crippen molar-refractivity contribution in [2.24, 2.45) is 7.05 Å². The minimum atomic E-state index is -0.232. The lowest BCUT2D eigenvalue weighted by Gasteiger charge is -2.34. The second-order valence-electron chi connectivity index (χ2n) is 11.1. The molecule has 5 rings (SSSR count). The maximum Gasteiger partial charge on any atom is 0.256 e. The average molecular weight is 545 g/mol. The smallest absolute Gasteiger partial charge is 0.256 e. The number of aliphatic hydroxyl groups is 1. The van der Waals surface area contributed by atoms with Gasteiger partial charge in [0.1, 0.15) is 23.2 Å².